The predicted molar refractivity (Wildman–Crippen MR) is 84.2 cm³/mol. The highest BCUT2D eigenvalue weighted by molar-refractivity contribution is 7.85. The summed E-state index contributed by atoms with van der Waals surface area (Å²) in [6, 6.07) is 3.48. The fraction of sp³-hybridized carbons (Fsp3) is 0.688. The van der Waals surface area contributed by atoms with Crippen molar-refractivity contribution < 1.29 is 13.0 Å². The Morgan fingerprint density at radius 1 is 1.18 bits per heavy atom. The van der Waals surface area contributed by atoms with Crippen LogP contribution in [-0.4, -0.2) is 24.0 Å². The highest BCUT2D eigenvalue weighted by Crippen LogP contribution is 2.29. The second-order valence-electron chi connectivity index (χ2n) is 6.59. The molecule has 0 saturated heterocycles. The van der Waals surface area contributed by atoms with Crippen molar-refractivity contribution in [2.75, 3.05) is 0 Å². The third-order valence-corrected chi connectivity index (χ3v) is 5.73. The monoisotopic (exact) mass is 324 g/mol. The van der Waals surface area contributed by atoms with Crippen LogP contribution in [0, 0.1) is 5.92 Å². The number of fused-ring (bicyclic) bond motifs is 1. The normalized spacial score (nSPS) is 23.2. The smallest absolute Gasteiger partial charge is 0.309 e. The lowest BCUT2D eigenvalue weighted by atomic mass is 9.84. The predicted octanol–water partition coefficient (Wildman–Crippen LogP) is 2.70. The average molecular weight is 324 g/mol. The Morgan fingerprint density at radius 3 is 2.68 bits per heavy atom. The Hall–Kier alpha value is -0.980. The Morgan fingerprint density at radius 2 is 1.95 bits per heavy atom. The number of hydrogen-bond donors (Lipinski definition) is 2. The van der Waals surface area contributed by atoms with E-state index in [-0.39, 0.29) is 5.03 Å². The van der Waals surface area contributed by atoms with Crippen LogP contribution in [0.15, 0.2) is 17.2 Å². The zero-order valence-electron chi connectivity index (χ0n) is 12.8. The average Bonchev–Trinajstić information content (AvgIpc) is 2.52. The molecule has 1 saturated carbocycles. The first-order chi connectivity index (χ1) is 10.5. The first kappa shape index (κ1) is 15.9. The molecule has 3 rings (SSSR count). The van der Waals surface area contributed by atoms with Crippen LogP contribution in [0.25, 0.3) is 0 Å². The highest BCUT2D eigenvalue weighted by atomic mass is 32.2. The van der Waals surface area contributed by atoms with Crippen LogP contribution >= 0.6 is 0 Å². The zero-order chi connectivity index (χ0) is 15.6. The van der Waals surface area contributed by atoms with Gasteiger partial charge in [-0.1, -0.05) is 38.2 Å². The van der Waals surface area contributed by atoms with E-state index in [1.54, 1.807) is 6.07 Å². The number of nitrogens with zero attached hydrogens (tertiary/aromatic N) is 1. The summed E-state index contributed by atoms with van der Waals surface area (Å²) in [5, 5.41) is 3.28. The summed E-state index contributed by atoms with van der Waals surface area (Å²) in [5.74, 6) is 0.856. The van der Waals surface area contributed by atoms with Gasteiger partial charge in [-0.15, -0.1) is 0 Å². The van der Waals surface area contributed by atoms with Gasteiger partial charge in [-0.25, -0.2) is 4.98 Å². The molecule has 0 amide bonds. The molecule has 1 aliphatic carbocycles. The van der Waals surface area contributed by atoms with Gasteiger partial charge in [-0.05, 0) is 30.4 Å². The first-order valence-electron chi connectivity index (χ1n) is 8.22. The maximum atomic E-state index is 11.2. The summed E-state index contributed by atoms with van der Waals surface area (Å²) in [4.78, 5) is 4.15. The molecule has 122 valence electrons. The molecule has 6 heteroatoms. The highest BCUT2D eigenvalue weighted by Gasteiger charge is 2.23. The van der Waals surface area contributed by atoms with Gasteiger partial charge in [0.2, 0.25) is 0 Å². The quantitative estimate of drug-likeness (QED) is 0.833. The van der Waals surface area contributed by atoms with Gasteiger partial charge in [-0.3, -0.25) is 4.55 Å². The summed E-state index contributed by atoms with van der Waals surface area (Å²) in [7, 11) is -4.21. The fourth-order valence-electron chi connectivity index (χ4n) is 3.67. The molecule has 2 heterocycles. The summed E-state index contributed by atoms with van der Waals surface area (Å²) >= 11 is 0. The van der Waals surface area contributed by atoms with Crippen LogP contribution in [-0.2, 0) is 23.1 Å². The van der Waals surface area contributed by atoms with Gasteiger partial charge in [0.15, 0.2) is 5.03 Å². The minimum atomic E-state index is -4.21. The van der Waals surface area contributed by atoms with E-state index in [1.807, 2.05) is 0 Å². The van der Waals surface area contributed by atoms with Crippen molar-refractivity contribution in [3.05, 3.63) is 23.4 Å². The third kappa shape index (κ3) is 3.86. The van der Waals surface area contributed by atoms with Gasteiger partial charge in [0, 0.05) is 24.7 Å². The largest absolute Gasteiger partial charge is 0.312 e. The third-order valence-electron chi connectivity index (χ3n) is 4.98. The number of aromatic nitrogens is 1. The maximum Gasteiger partial charge on any atom is 0.312 e. The van der Waals surface area contributed by atoms with Crippen molar-refractivity contribution in [3.63, 3.8) is 0 Å². The summed E-state index contributed by atoms with van der Waals surface area (Å²) < 4.78 is 31.5. The molecule has 0 aromatic carbocycles. The molecular formula is C16H24N2O3S. The molecule has 22 heavy (non-hydrogen) atoms. The summed E-state index contributed by atoms with van der Waals surface area (Å²) in [6.07, 6.45) is 9.92. The van der Waals surface area contributed by atoms with Crippen molar-refractivity contribution in [2.45, 2.75) is 69.0 Å². The van der Waals surface area contributed by atoms with E-state index in [0.29, 0.717) is 6.04 Å². The Labute approximate surface area is 132 Å². The molecule has 2 aliphatic rings. The van der Waals surface area contributed by atoms with E-state index in [1.165, 1.54) is 44.6 Å². The summed E-state index contributed by atoms with van der Waals surface area (Å²) in [5.41, 5.74) is 1.84. The number of rotatable bonds is 4. The van der Waals surface area contributed by atoms with E-state index in [2.05, 4.69) is 10.3 Å². The molecule has 0 radical (unpaired) electrons. The van der Waals surface area contributed by atoms with E-state index in [4.69, 9.17) is 4.55 Å². The van der Waals surface area contributed by atoms with Crippen LogP contribution < -0.4 is 5.32 Å². The first-order valence-corrected chi connectivity index (χ1v) is 9.66. The second kappa shape index (κ2) is 6.64. The topological polar surface area (TPSA) is 79.3 Å². The van der Waals surface area contributed by atoms with Gasteiger partial charge in [0.05, 0.1) is 0 Å². The number of hydrogen-bond acceptors (Lipinski definition) is 4. The Balaban J connectivity index is 1.62. The minimum absolute atomic E-state index is 0.237. The Kier molecular flexibility index (Phi) is 4.80. The second-order valence-corrected chi connectivity index (χ2v) is 7.96. The molecule has 0 spiro atoms. The van der Waals surface area contributed by atoms with Gasteiger partial charge in [0.25, 0.3) is 0 Å². The van der Waals surface area contributed by atoms with Crippen LogP contribution in [0.3, 0.4) is 0 Å². The SMILES string of the molecule is O=S(=O)(O)c1ccc2c(n1)CC(CCC1CCCCC1)NC2. The maximum absolute atomic E-state index is 11.2. The van der Waals surface area contributed by atoms with Gasteiger partial charge in [-0.2, -0.15) is 8.42 Å². The zero-order valence-corrected chi connectivity index (χ0v) is 13.6. The number of nitrogens with one attached hydrogen (secondary N) is 1. The number of pyridine rings is 1. The van der Waals surface area contributed by atoms with Crippen LogP contribution in [0.5, 0.6) is 0 Å². The van der Waals surface area contributed by atoms with Crippen molar-refractivity contribution in [3.8, 4) is 0 Å². The van der Waals surface area contributed by atoms with Gasteiger partial charge >= 0.3 is 10.1 Å². The molecule has 1 unspecified atom stereocenters. The van der Waals surface area contributed by atoms with E-state index >= 15 is 0 Å². The Bertz CT molecular complexity index is 624. The van der Waals surface area contributed by atoms with Crippen LogP contribution in [0.2, 0.25) is 0 Å². The fourth-order valence-corrected chi connectivity index (χ4v) is 4.13. The lowest BCUT2D eigenvalue weighted by Crippen LogP contribution is -2.36. The standard InChI is InChI=1S/C16H24N2O3S/c19-22(20,21)16-9-7-13-11-17-14(10-15(13)18-16)8-6-12-4-2-1-3-5-12/h7,9,12,14,17H,1-6,8,10-11H2,(H,19,20,21). The molecule has 1 fully saturated rings. The summed E-state index contributed by atoms with van der Waals surface area (Å²) in [6.45, 7) is 0.726. The molecule has 1 atom stereocenters. The molecule has 0 bridgehead atoms. The molecule has 2 N–H and O–H groups in total. The molecule has 1 aromatic rings. The van der Waals surface area contributed by atoms with Crippen LogP contribution in [0.1, 0.15) is 56.2 Å². The molecule has 1 aromatic heterocycles. The van der Waals surface area contributed by atoms with Crippen LogP contribution in [0.4, 0.5) is 0 Å². The van der Waals surface area contributed by atoms with E-state index in [9.17, 15) is 8.42 Å². The molecular weight excluding hydrogens is 300 g/mol. The molecule has 1 aliphatic heterocycles. The lowest BCUT2D eigenvalue weighted by molar-refractivity contribution is 0.307. The van der Waals surface area contributed by atoms with Gasteiger partial charge in [0.1, 0.15) is 0 Å². The van der Waals surface area contributed by atoms with Crippen molar-refractivity contribution in [1.82, 2.24) is 10.3 Å². The van der Waals surface area contributed by atoms with Gasteiger partial charge < -0.3 is 5.32 Å². The van der Waals surface area contributed by atoms with Crippen molar-refractivity contribution >= 4 is 10.1 Å². The lowest BCUT2D eigenvalue weighted by Gasteiger charge is -2.28. The molecule has 5 nitrogen and oxygen atoms in total. The van der Waals surface area contributed by atoms with Crippen molar-refractivity contribution in [2.24, 2.45) is 5.92 Å². The van der Waals surface area contributed by atoms with Crippen molar-refractivity contribution in [1.29, 1.82) is 0 Å². The van der Waals surface area contributed by atoms with E-state index < -0.39 is 10.1 Å². The minimum Gasteiger partial charge on any atom is -0.309 e. The van der Waals surface area contributed by atoms with E-state index in [0.717, 1.165) is 36.6 Å².